The second-order valence-corrected chi connectivity index (χ2v) is 8.42. The number of aliphatic imine (C=N–C) groups is 1. The summed E-state index contributed by atoms with van der Waals surface area (Å²) in [5.74, 6) is 1.13. The Balaban J connectivity index is 1.53. The van der Waals surface area contributed by atoms with Crippen molar-refractivity contribution in [1.82, 2.24) is 14.7 Å². The van der Waals surface area contributed by atoms with Gasteiger partial charge in [0.2, 0.25) is 5.96 Å². The molecule has 0 N–H and O–H groups in total. The number of carbonyl (C=O) groups is 2. The quantitative estimate of drug-likeness (QED) is 0.546. The van der Waals surface area contributed by atoms with Crippen molar-refractivity contribution in [3.8, 4) is 5.75 Å². The zero-order valence-corrected chi connectivity index (χ0v) is 20.1. The number of hydrogen-bond acceptors (Lipinski definition) is 7. The average molecular weight is 476 g/mol. The van der Waals surface area contributed by atoms with Crippen LogP contribution in [0.15, 0.2) is 65.8 Å². The van der Waals surface area contributed by atoms with Gasteiger partial charge in [0, 0.05) is 31.1 Å². The molecular formula is C26H29N5O4. The highest BCUT2D eigenvalue weighted by atomic mass is 16.5. The molecule has 3 heterocycles. The number of anilines is 1. The molecule has 9 heteroatoms. The minimum atomic E-state index is -0.638. The third-order valence-corrected chi connectivity index (χ3v) is 6.35. The first-order valence-electron chi connectivity index (χ1n) is 11.9. The van der Waals surface area contributed by atoms with Gasteiger partial charge in [0.25, 0.3) is 5.91 Å². The van der Waals surface area contributed by atoms with Gasteiger partial charge in [-0.05, 0) is 38.1 Å². The molecule has 5 rings (SSSR count). The summed E-state index contributed by atoms with van der Waals surface area (Å²) in [6, 6.07) is 16.8. The lowest BCUT2D eigenvalue weighted by molar-refractivity contribution is -0.137. The Hall–Kier alpha value is -3.85. The average Bonchev–Trinajstić information content (AvgIpc) is 3.43. The molecule has 3 amide bonds. The van der Waals surface area contributed by atoms with E-state index in [1.807, 2.05) is 84.4 Å². The standard InChI is InChI=1S/C26H29N5O4/c1-4-34-16-15-29-24(32)22-23(28(3)26(29)33)27-25-30(22)17-21(18-9-7-6-8-10-18)31(25)19-11-13-20(14-12-19)35-5-2/h6-14,17,22-23H,4-5,15-16H2,1-3H3. The summed E-state index contributed by atoms with van der Waals surface area (Å²) in [7, 11) is 1.69. The third-order valence-electron chi connectivity index (χ3n) is 6.35. The van der Waals surface area contributed by atoms with Gasteiger partial charge in [0.05, 0.1) is 25.5 Å². The maximum atomic E-state index is 13.5. The summed E-state index contributed by atoms with van der Waals surface area (Å²) in [6.45, 7) is 5.46. The molecular weight excluding hydrogens is 446 g/mol. The van der Waals surface area contributed by atoms with Crippen molar-refractivity contribution in [3.05, 3.63) is 66.4 Å². The van der Waals surface area contributed by atoms with Crippen LogP contribution in [-0.4, -0.2) is 78.2 Å². The number of rotatable bonds is 8. The molecule has 0 aromatic heterocycles. The summed E-state index contributed by atoms with van der Waals surface area (Å²) in [5.41, 5.74) is 2.79. The molecule has 0 saturated carbocycles. The largest absolute Gasteiger partial charge is 0.494 e. The van der Waals surface area contributed by atoms with Gasteiger partial charge in [-0.2, -0.15) is 0 Å². The van der Waals surface area contributed by atoms with Crippen LogP contribution in [-0.2, 0) is 9.53 Å². The highest BCUT2D eigenvalue weighted by Gasteiger charge is 2.54. The van der Waals surface area contributed by atoms with Gasteiger partial charge in [-0.25, -0.2) is 9.79 Å². The zero-order valence-electron chi connectivity index (χ0n) is 20.1. The summed E-state index contributed by atoms with van der Waals surface area (Å²) in [5, 5.41) is 0. The lowest BCUT2D eigenvalue weighted by Crippen LogP contribution is -2.64. The van der Waals surface area contributed by atoms with E-state index in [0.717, 1.165) is 22.7 Å². The smallest absolute Gasteiger partial charge is 0.328 e. The van der Waals surface area contributed by atoms with Gasteiger partial charge in [0.1, 0.15) is 5.75 Å². The van der Waals surface area contributed by atoms with E-state index in [-0.39, 0.29) is 18.5 Å². The second kappa shape index (κ2) is 9.42. The predicted octanol–water partition coefficient (Wildman–Crippen LogP) is 3.20. The van der Waals surface area contributed by atoms with Crippen molar-refractivity contribution in [2.75, 3.05) is 38.3 Å². The van der Waals surface area contributed by atoms with Gasteiger partial charge in [-0.3, -0.25) is 19.5 Å². The second-order valence-electron chi connectivity index (χ2n) is 8.42. The number of benzene rings is 2. The van der Waals surface area contributed by atoms with E-state index in [0.29, 0.717) is 25.8 Å². The number of nitrogens with zero attached hydrogens (tertiary/aromatic N) is 5. The number of urea groups is 1. The minimum absolute atomic E-state index is 0.208. The monoisotopic (exact) mass is 475 g/mol. The summed E-state index contributed by atoms with van der Waals surface area (Å²) < 4.78 is 11.0. The van der Waals surface area contributed by atoms with Gasteiger partial charge in [0.15, 0.2) is 12.2 Å². The fraction of sp³-hybridized carbons (Fsp3) is 0.346. The number of imide groups is 1. The highest BCUT2D eigenvalue weighted by Crippen LogP contribution is 2.40. The van der Waals surface area contributed by atoms with E-state index >= 15 is 0 Å². The third kappa shape index (κ3) is 3.91. The number of ether oxygens (including phenoxy) is 2. The molecule has 1 saturated heterocycles. The number of amides is 3. The molecule has 35 heavy (non-hydrogen) atoms. The Bertz CT molecular complexity index is 1160. The van der Waals surface area contributed by atoms with Crippen molar-refractivity contribution < 1.29 is 19.1 Å². The van der Waals surface area contributed by atoms with Crippen LogP contribution in [0.4, 0.5) is 10.5 Å². The topological polar surface area (TPSA) is 77.9 Å². The van der Waals surface area contributed by atoms with E-state index in [1.54, 1.807) is 7.05 Å². The van der Waals surface area contributed by atoms with Crippen molar-refractivity contribution in [2.45, 2.75) is 26.1 Å². The maximum Gasteiger partial charge on any atom is 0.328 e. The van der Waals surface area contributed by atoms with Crippen molar-refractivity contribution in [2.24, 2.45) is 4.99 Å². The fourth-order valence-electron chi connectivity index (χ4n) is 4.67. The summed E-state index contributed by atoms with van der Waals surface area (Å²) in [4.78, 5) is 38.1. The molecule has 9 nitrogen and oxygen atoms in total. The zero-order chi connectivity index (χ0) is 24.5. The van der Waals surface area contributed by atoms with E-state index in [4.69, 9.17) is 14.5 Å². The van der Waals surface area contributed by atoms with Crippen molar-refractivity contribution in [3.63, 3.8) is 0 Å². The summed E-state index contributed by atoms with van der Waals surface area (Å²) in [6.07, 6.45) is 1.35. The van der Waals surface area contributed by atoms with Crippen LogP contribution >= 0.6 is 0 Å². The van der Waals surface area contributed by atoms with E-state index in [9.17, 15) is 9.59 Å². The number of guanidine groups is 1. The number of hydrogen-bond donors (Lipinski definition) is 0. The minimum Gasteiger partial charge on any atom is -0.494 e. The van der Waals surface area contributed by atoms with Crippen LogP contribution in [0.5, 0.6) is 5.75 Å². The fourth-order valence-corrected chi connectivity index (χ4v) is 4.67. The molecule has 2 aromatic carbocycles. The number of fused-ring (bicyclic) bond motifs is 3. The Morgan fingerprint density at radius 3 is 2.40 bits per heavy atom. The molecule has 3 aliphatic heterocycles. The Kier molecular flexibility index (Phi) is 6.17. The van der Waals surface area contributed by atoms with E-state index < -0.39 is 12.2 Å². The van der Waals surface area contributed by atoms with Crippen molar-refractivity contribution in [1.29, 1.82) is 0 Å². The predicted molar refractivity (Wildman–Crippen MR) is 133 cm³/mol. The summed E-state index contributed by atoms with van der Waals surface area (Å²) >= 11 is 0. The molecule has 0 aliphatic carbocycles. The lowest BCUT2D eigenvalue weighted by atomic mass is 10.1. The molecule has 2 atom stereocenters. The van der Waals surface area contributed by atoms with Crippen LogP contribution in [0.3, 0.4) is 0 Å². The first-order valence-corrected chi connectivity index (χ1v) is 11.9. The van der Waals surface area contributed by atoms with Gasteiger partial charge in [-0.1, -0.05) is 30.3 Å². The van der Waals surface area contributed by atoms with Gasteiger partial charge in [-0.15, -0.1) is 0 Å². The normalized spacial score (nSPS) is 21.2. The molecule has 1 fully saturated rings. The van der Waals surface area contributed by atoms with E-state index in [1.165, 1.54) is 9.80 Å². The van der Waals surface area contributed by atoms with E-state index in [2.05, 4.69) is 0 Å². The lowest BCUT2D eigenvalue weighted by Gasteiger charge is -2.40. The number of likely N-dealkylation sites (N-methyl/N-ethyl adjacent to an activating group) is 1. The first-order chi connectivity index (χ1) is 17.0. The van der Waals surface area contributed by atoms with Crippen LogP contribution < -0.4 is 9.64 Å². The van der Waals surface area contributed by atoms with Crippen LogP contribution in [0, 0.1) is 0 Å². The molecule has 3 aliphatic rings. The molecule has 2 aromatic rings. The van der Waals surface area contributed by atoms with Gasteiger partial charge >= 0.3 is 6.03 Å². The molecule has 0 radical (unpaired) electrons. The van der Waals surface area contributed by atoms with Crippen LogP contribution in [0.1, 0.15) is 19.4 Å². The Morgan fingerprint density at radius 2 is 1.71 bits per heavy atom. The highest BCUT2D eigenvalue weighted by molar-refractivity contribution is 6.16. The molecule has 2 unspecified atom stereocenters. The Labute approximate surface area is 204 Å². The first kappa shape index (κ1) is 22.9. The molecule has 182 valence electrons. The SMILES string of the molecule is CCOCCN1C(=O)C2C(N=C3N(c4ccc(OCC)cc4)C(c4ccccc4)=CN32)N(C)C1=O. The van der Waals surface area contributed by atoms with Crippen molar-refractivity contribution >= 4 is 29.3 Å². The molecule has 0 spiro atoms. The van der Waals surface area contributed by atoms with Crippen LogP contribution in [0.2, 0.25) is 0 Å². The number of carbonyl (C=O) groups excluding carboxylic acids is 2. The van der Waals surface area contributed by atoms with Gasteiger partial charge < -0.3 is 14.4 Å². The maximum absolute atomic E-state index is 13.5. The Morgan fingerprint density at radius 1 is 0.971 bits per heavy atom. The molecule has 0 bridgehead atoms. The van der Waals surface area contributed by atoms with Crippen LogP contribution in [0.25, 0.3) is 5.70 Å².